The number of nitrogens with one attached hydrogen (secondary N) is 1. The second kappa shape index (κ2) is 5.78. The highest BCUT2D eigenvalue weighted by molar-refractivity contribution is 5.93. The molecule has 0 spiro atoms. The minimum absolute atomic E-state index is 0.0464. The molecule has 0 saturated heterocycles. The first-order valence-electron chi connectivity index (χ1n) is 8.08. The van der Waals surface area contributed by atoms with Crippen molar-refractivity contribution in [3.05, 3.63) is 40.5 Å². The topological polar surface area (TPSA) is 84.2 Å². The molecule has 2 N–H and O–H groups in total. The second-order valence-corrected chi connectivity index (χ2v) is 6.79. The Hall–Kier alpha value is -2.63. The molecule has 0 bridgehead atoms. The molecule has 6 nitrogen and oxygen atoms in total. The molecule has 2 heterocycles. The Morgan fingerprint density at radius 1 is 1.25 bits per heavy atom. The maximum absolute atomic E-state index is 13.0. The van der Waals surface area contributed by atoms with Crippen LogP contribution in [0.15, 0.2) is 29.1 Å². The highest BCUT2D eigenvalue weighted by Gasteiger charge is 2.35. The molecular weight excluding hydrogens is 306 g/mol. The number of fused-ring (bicyclic) bond motifs is 2. The molecule has 0 unspecified atom stereocenters. The number of carbonyl (C=O) groups excluding carboxylic acids is 1. The molecule has 1 aliphatic rings. The average molecular weight is 327 g/mol. The predicted octanol–water partition coefficient (Wildman–Crippen LogP) is 2.43. The fraction of sp³-hybridized carbons (Fsp3) is 0.389. The first-order chi connectivity index (χ1) is 11.3. The van der Waals surface area contributed by atoms with E-state index in [9.17, 15) is 14.7 Å². The summed E-state index contributed by atoms with van der Waals surface area (Å²) in [4.78, 5) is 30.1. The third-order valence-corrected chi connectivity index (χ3v) is 4.09. The monoisotopic (exact) mass is 327 g/mol. The lowest BCUT2D eigenvalue weighted by atomic mass is 9.99. The largest absolute Gasteiger partial charge is 0.506 e. The van der Waals surface area contributed by atoms with Gasteiger partial charge in [-0.15, -0.1) is 0 Å². The van der Waals surface area contributed by atoms with Crippen LogP contribution in [0.5, 0.6) is 5.75 Å². The first kappa shape index (κ1) is 16.2. The van der Waals surface area contributed by atoms with Crippen molar-refractivity contribution in [1.82, 2.24) is 14.9 Å². The molecule has 0 radical (unpaired) electrons. The maximum Gasteiger partial charge on any atom is 0.262 e. The summed E-state index contributed by atoms with van der Waals surface area (Å²) in [5.74, 6) is 0.226. The number of rotatable bonds is 2. The fourth-order valence-electron chi connectivity index (χ4n) is 3.09. The van der Waals surface area contributed by atoms with Crippen LogP contribution in [0.4, 0.5) is 0 Å². The molecule has 0 saturated carbocycles. The fourth-order valence-corrected chi connectivity index (χ4v) is 3.09. The Morgan fingerprint density at radius 3 is 2.58 bits per heavy atom. The van der Waals surface area contributed by atoms with Crippen LogP contribution < -0.4 is 10.9 Å². The van der Waals surface area contributed by atoms with Crippen molar-refractivity contribution in [3.8, 4) is 5.75 Å². The summed E-state index contributed by atoms with van der Waals surface area (Å²) in [7, 11) is 0. The zero-order valence-electron chi connectivity index (χ0n) is 14.2. The third kappa shape index (κ3) is 2.48. The third-order valence-electron chi connectivity index (χ3n) is 4.09. The summed E-state index contributed by atoms with van der Waals surface area (Å²) in [6.45, 7) is 7.75. The van der Waals surface area contributed by atoms with Gasteiger partial charge in [0, 0.05) is 0 Å². The van der Waals surface area contributed by atoms with E-state index in [-0.39, 0.29) is 34.6 Å². The van der Waals surface area contributed by atoms with E-state index in [4.69, 9.17) is 0 Å². The number of para-hydroxylation sites is 1. The van der Waals surface area contributed by atoms with Crippen LogP contribution in [0.2, 0.25) is 0 Å². The van der Waals surface area contributed by atoms with Crippen molar-refractivity contribution in [1.29, 1.82) is 0 Å². The Kier molecular flexibility index (Phi) is 3.91. The van der Waals surface area contributed by atoms with Crippen molar-refractivity contribution < 1.29 is 9.90 Å². The zero-order chi connectivity index (χ0) is 17.6. The van der Waals surface area contributed by atoms with Crippen LogP contribution >= 0.6 is 0 Å². The number of benzene rings is 1. The smallest absolute Gasteiger partial charge is 0.262 e. The molecule has 0 fully saturated rings. The van der Waals surface area contributed by atoms with E-state index in [2.05, 4.69) is 10.3 Å². The molecule has 1 atom stereocenters. The van der Waals surface area contributed by atoms with Gasteiger partial charge >= 0.3 is 0 Å². The normalized spacial score (nSPS) is 19.2. The maximum atomic E-state index is 13.0. The Balaban J connectivity index is 2.43. The number of aromatic nitrogens is 2. The summed E-state index contributed by atoms with van der Waals surface area (Å²) in [5, 5.41) is 13.2. The summed E-state index contributed by atoms with van der Waals surface area (Å²) in [6, 6.07) is 4.09. The van der Waals surface area contributed by atoms with Crippen molar-refractivity contribution in [3.63, 3.8) is 0 Å². The number of hydrogen-bond acceptors (Lipinski definition) is 4. The Labute approximate surface area is 139 Å². The highest BCUT2D eigenvalue weighted by atomic mass is 16.3. The lowest BCUT2D eigenvalue weighted by molar-refractivity contribution is -0.125. The molecule has 2 aromatic rings. The van der Waals surface area contributed by atoms with Gasteiger partial charge in [0.2, 0.25) is 5.91 Å². The van der Waals surface area contributed by atoms with Gasteiger partial charge in [0.05, 0.1) is 11.1 Å². The summed E-state index contributed by atoms with van der Waals surface area (Å²) in [5.41, 5.74) is 0.449. The van der Waals surface area contributed by atoms with E-state index in [1.165, 1.54) is 10.6 Å². The number of aromatic hydroxyl groups is 1. The van der Waals surface area contributed by atoms with E-state index in [0.717, 1.165) is 0 Å². The lowest BCUT2D eigenvalue weighted by Crippen LogP contribution is -2.46. The summed E-state index contributed by atoms with van der Waals surface area (Å²) >= 11 is 0. The van der Waals surface area contributed by atoms with Crippen LogP contribution in [0, 0.1) is 11.8 Å². The van der Waals surface area contributed by atoms with Crippen molar-refractivity contribution >= 4 is 22.5 Å². The van der Waals surface area contributed by atoms with Gasteiger partial charge in [0.15, 0.2) is 5.82 Å². The van der Waals surface area contributed by atoms with E-state index in [1.54, 1.807) is 12.1 Å². The van der Waals surface area contributed by atoms with Crippen molar-refractivity contribution in [2.24, 2.45) is 11.8 Å². The lowest BCUT2D eigenvalue weighted by Gasteiger charge is -2.31. The van der Waals surface area contributed by atoms with Crippen LogP contribution in [0.1, 0.15) is 39.6 Å². The number of phenols is 1. The number of phenolic OH excluding ortho intramolecular Hbond substituents is 1. The zero-order valence-corrected chi connectivity index (χ0v) is 14.2. The number of carbonyl (C=O) groups is 1. The molecule has 0 aliphatic carbocycles. The molecule has 1 amide bonds. The molecular formula is C18H21N3O3. The van der Waals surface area contributed by atoms with Gasteiger partial charge < -0.3 is 10.4 Å². The van der Waals surface area contributed by atoms with Gasteiger partial charge in [-0.1, -0.05) is 39.8 Å². The van der Waals surface area contributed by atoms with Crippen molar-refractivity contribution in [2.45, 2.75) is 33.7 Å². The molecule has 126 valence electrons. The van der Waals surface area contributed by atoms with Gasteiger partial charge in [0.1, 0.15) is 17.3 Å². The number of hydrogen-bond donors (Lipinski definition) is 2. The summed E-state index contributed by atoms with van der Waals surface area (Å²) < 4.78 is 1.46. The molecule has 6 heteroatoms. The van der Waals surface area contributed by atoms with Crippen LogP contribution in [0.3, 0.4) is 0 Å². The van der Waals surface area contributed by atoms with Crippen molar-refractivity contribution in [2.75, 3.05) is 0 Å². The van der Waals surface area contributed by atoms with Gasteiger partial charge in [0.25, 0.3) is 5.56 Å². The van der Waals surface area contributed by atoms with Gasteiger partial charge in [-0.05, 0) is 24.0 Å². The van der Waals surface area contributed by atoms with Gasteiger partial charge in [-0.25, -0.2) is 4.98 Å². The number of amides is 1. The predicted molar refractivity (Wildman–Crippen MR) is 92.5 cm³/mol. The Morgan fingerprint density at radius 2 is 1.96 bits per heavy atom. The van der Waals surface area contributed by atoms with Gasteiger partial charge in [-0.2, -0.15) is 0 Å². The Bertz CT molecular complexity index is 910. The molecule has 1 aliphatic heterocycles. The molecule has 1 aromatic carbocycles. The number of allylic oxidation sites excluding steroid dienone is 1. The number of nitrogens with zero attached hydrogens (tertiary/aromatic N) is 2. The second-order valence-electron chi connectivity index (χ2n) is 6.79. The highest BCUT2D eigenvalue weighted by Crippen LogP contribution is 2.29. The van der Waals surface area contributed by atoms with Gasteiger partial charge in [-0.3, -0.25) is 14.2 Å². The van der Waals surface area contributed by atoms with E-state index in [0.29, 0.717) is 16.9 Å². The quantitative estimate of drug-likeness (QED) is 0.887. The van der Waals surface area contributed by atoms with Crippen LogP contribution in [-0.2, 0) is 4.79 Å². The molecule has 1 aromatic heterocycles. The minimum atomic E-state index is -0.629. The van der Waals surface area contributed by atoms with E-state index >= 15 is 0 Å². The molecule has 24 heavy (non-hydrogen) atoms. The van der Waals surface area contributed by atoms with Crippen LogP contribution in [0.25, 0.3) is 16.6 Å². The van der Waals surface area contributed by atoms with E-state index < -0.39 is 6.04 Å². The van der Waals surface area contributed by atoms with Crippen LogP contribution in [-0.4, -0.2) is 20.6 Å². The average Bonchev–Trinajstić information content (AvgIpc) is 2.48. The first-order valence-corrected chi connectivity index (χ1v) is 8.08. The summed E-state index contributed by atoms with van der Waals surface area (Å²) in [6.07, 6.45) is 1.86. The minimum Gasteiger partial charge on any atom is -0.506 e. The SMILES string of the molecule is CC(C)/C=C1/NC(=O)[C@H](C(C)C)n2c1nc1c(O)cccc1c2=O. The standard InChI is InChI=1S/C18H21N3O3/c1-9(2)8-12-16-20-14-11(6-5-7-13(14)22)18(24)21(16)15(10(3)4)17(23)19-12/h5-10,15,22H,1-4H3,(H,19,23)/b12-8+/t15-/m0/s1. The van der Waals surface area contributed by atoms with E-state index in [1.807, 2.05) is 33.8 Å². The molecule has 3 rings (SSSR count).